The van der Waals surface area contributed by atoms with E-state index in [0.29, 0.717) is 11.5 Å². The number of carbonyl (C=O) groups is 3. The first kappa shape index (κ1) is 15.5. The smallest absolute Gasteiger partial charge is 0.272 e. The van der Waals surface area contributed by atoms with Crippen LogP contribution in [0.3, 0.4) is 0 Å². The average molecular weight is 316 g/mol. The molecule has 2 heterocycles. The number of urea groups is 1. The zero-order valence-corrected chi connectivity index (χ0v) is 13.1. The highest BCUT2D eigenvalue weighted by molar-refractivity contribution is 6.04. The van der Waals surface area contributed by atoms with Gasteiger partial charge in [0.2, 0.25) is 0 Å². The summed E-state index contributed by atoms with van der Waals surface area (Å²) >= 11 is 0. The largest absolute Gasteiger partial charge is 0.346 e. The number of hydrogen-bond donors (Lipinski definition) is 1. The van der Waals surface area contributed by atoms with Crippen LogP contribution in [0.15, 0.2) is 24.5 Å². The van der Waals surface area contributed by atoms with Crippen LogP contribution < -0.4 is 5.43 Å². The molecule has 1 aliphatic heterocycles. The van der Waals surface area contributed by atoms with Crippen LogP contribution in [0.1, 0.15) is 43.0 Å². The van der Waals surface area contributed by atoms with Crippen LogP contribution in [0.25, 0.3) is 0 Å². The molecule has 0 unspecified atom stereocenters. The van der Waals surface area contributed by atoms with Gasteiger partial charge in [-0.25, -0.2) is 9.80 Å². The Bertz CT molecular complexity index is 619. The Hall–Kier alpha value is -2.44. The Balaban J connectivity index is 1.70. The molecule has 2 aliphatic rings. The minimum Gasteiger partial charge on any atom is -0.272 e. The number of amides is 4. The molecule has 0 bridgehead atoms. The van der Waals surface area contributed by atoms with Gasteiger partial charge in [-0.05, 0) is 30.9 Å². The van der Waals surface area contributed by atoms with Crippen LogP contribution in [-0.2, 0) is 4.79 Å². The van der Waals surface area contributed by atoms with Gasteiger partial charge in [0.1, 0.15) is 6.54 Å². The molecule has 0 spiro atoms. The van der Waals surface area contributed by atoms with Crippen molar-refractivity contribution in [2.45, 2.75) is 38.6 Å². The second-order valence-corrected chi connectivity index (χ2v) is 6.14. The monoisotopic (exact) mass is 316 g/mol. The number of imide groups is 1. The molecule has 3 rings (SSSR count). The summed E-state index contributed by atoms with van der Waals surface area (Å²) in [6, 6.07) is 2.74. The molecular formula is C16H20N4O3. The number of rotatable bonds is 3. The summed E-state index contributed by atoms with van der Waals surface area (Å²) in [7, 11) is 0. The van der Waals surface area contributed by atoms with Gasteiger partial charge < -0.3 is 0 Å². The maximum Gasteiger partial charge on any atom is 0.346 e. The molecule has 0 radical (unpaired) electrons. The maximum absolute atomic E-state index is 12.5. The van der Waals surface area contributed by atoms with Gasteiger partial charge in [-0.3, -0.25) is 24.9 Å². The highest BCUT2D eigenvalue weighted by Gasteiger charge is 2.43. The summed E-state index contributed by atoms with van der Waals surface area (Å²) in [5.41, 5.74) is 2.85. The number of carbonyl (C=O) groups excluding carboxylic acids is 3. The lowest BCUT2D eigenvalue weighted by molar-refractivity contribution is -0.128. The highest BCUT2D eigenvalue weighted by atomic mass is 16.2. The van der Waals surface area contributed by atoms with Gasteiger partial charge in [-0.1, -0.05) is 19.8 Å². The van der Waals surface area contributed by atoms with E-state index in [1.165, 1.54) is 11.1 Å². The van der Waals surface area contributed by atoms with Crippen molar-refractivity contribution < 1.29 is 14.4 Å². The fourth-order valence-corrected chi connectivity index (χ4v) is 3.29. The molecule has 4 amide bonds. The third kappa shape index (κ3) is 3.04. The van der Waals surface area contributed by atoms with Crippen molar-refractivity contribution in [3.8, 4) is 0 Å². The second-order valence-electron chi connectivity index (χ2n) is 6.14. The van der Waals surface area contributed by atoms with Crippen molar-refractivity contribution in [2.75, 3.05) is 6.54 Å². The van der Waals surface area contributed by atoms with Crippen molar-refractivity contribution >= 4 is 17.8 Å². The molecule has 23 heavy (non-hydrogen) atoms. The van der Waals surface area contributed by atoms with Crippen molar-refractivity contribution in [3.05, 3.63) is 30.1 Å². The summed E-state index contributed by atoms with van der Waals surface area (Å²) < 4.78 is 0. The minimum atomic E-state index is -0.446. The number of nitrogens with zero attached hydrogens (tertiary/aromatic N) is 3. The SMILES string of the molecule is C[C@@H]1CCCC[C@@H]1N1C(=O)CN(NC(=O)c2cccnc2)C1=O. The molecule has 1 saturated carbocycles. The molecule has 7 nitrogen and oxygen atoms in total. The van der Waals surface area contributed by atoms with Crippen LogP contribution in [0, 0.1) is 5.92 Å². The van der Waals surface area contributed by atoms with Crippen LogP contribution in [0.4, 0.5) is 4.79 Å². The topological polar surface area (TPSA) is 82.6 Å². The van der Waals surface area contributed by atoms with E-state index in [1.54, 1.807) is 18.3 Å². The van der Waals surface area contributed by atoms with Gasteiger partial charge in [-0.2, -0.15) is 0 Å². The lowest BCUT2D eigenvalue weighted by atomic mass is 9.85. The summed E-state index contributed by atoms with van der Waals surface area (Å²) in [6.07, 6.45) is 6.99. The van der Waals surface area contributed by atoms with Gasteiger partial charge in [0.05, 0.1) is 5.56 Å². The standard InChI is InChI=1S/C16H20N4O3/c1-11-5-2-3-7-13(11)20-14(21)10-19(16(20)23)18-15(22)12-6-4-8-17-9-12/h4,6,8-9,11,13H,2-3,5,7,10H2,1H3,(H,18,22)/t11-,13+/m1/s1. The Morgan fingerprint density at radius 1 is 1.30 bits per heavy atom. The molecule has 1 aromatic heterocycles. The lowest BCUT2D eigenvalue weighted by Crippen LogP contribution is -2.49. The molecule has 1 saturated heterocycles. The first-order valence-electron chi connectivity index (χ1n) is 7.92. The van der Waals surface area contributed by atoms with E-state index in [2.05, 4.69) is 17.3 Å². The summed E-state index contributed by atoms with van der Waals surface area (Å²) in [4.78, 5) is 42.1. The van der Waals surface area contributed by atoms with E-state index >= 15 is 0 Å². The molecule has 122 valence electrons. The molecule has 2 atom stereocenters. The van der Waals surface area contributed by atoms with Crippen molar-refractivity contribution in [3.63, 3.8) is 0 Å². The minimum absolute atomic E-state index is 0.0657. The summed E-state index contributed by atoms with van der Waals surface area (Å²) in [6.45, 7) is 1.95. The zero-order valence-electron chi connectivity index (χ0n) is 13.1. The first-order chi connectivity index (χ1) is 11.1. The van der Waals surface area contributed by atoms with E-state index in [9.17, 15) is 14.4 Å². The first-order valence-corrected chi connectivity index (χ1v) is 7.92. The number of hydrogen-bond acceptors (Lipinski definition) is 4. The number of nitrogens with one attached hydrogen (secondary N) is 1. The second kappa shape index (κ2) is 6.36. The fraction of sp³-hybridized carbons (Fsp3) is 0.500. The number of hydrazine groups is 1. The maximum atomic E-state index is 12.5. The van der Waals surface area contributed by atoms with Gasteiger partial charge in [-0.15, -0.1) is 0 Å². The number of pyridine rings is 1. The number of aromatic nitrogens is 1. The molecule has 1 aliphatic carbocycles. The molecular weight excluding hydrogens is 296 g/mol. The van der Waals surface area contributed by atoms with E-state index in [4.69, 9.17) is 0 Å². The lowest BCUT2D eigenvalue weighted by Gasteiger charge is -2.34. The Morgan fingerprint density at radius 3 is 2.78 bits per heavy atom. The van der Waals surface area contributed by atoms with Crippen LogP contribution in [0.5, 0.6) is 0 Å². The van der Waals surface area contributed by atoms with Crippen molar-refractivity contribution in [1.29, 1.82) is 0 Å². The van der Waals surface area contributed by atoms with E-state index in [0.717, 1.165) is 30.7 Å². The Morgan fingerprint density at radius 2 is 2.09 bits per heavy atom. The van der Waals surface area contributed by atoms with Crippen LogP contribution in [0.2, 0.25) is 0 Å². The Kier molecular flexibility index (Phi) is 4.27. The summed E-state index contributed by atoms with van der Waals surface area (Å²) in [5, 5.41) is 1.10. The Labute approximate surface area is 134 Å². The summed E-state index contributed by atoms with van der Waals surface area (Å²) in [5.74, 6) is -0.399. The normalized spacial score (nSPS) is 24.9. The van der Waals surface area contributed by atoms with Gasteiger partial charge in [0, 0.05) is 18.4 Å². The molecule has 7 heteroatoms. The van der Waals surface area contributed by atoms with Crippen molar-refractivity contribution in [1.82, 2.24) is 20.3 Å². The third-order valence-corrected chi connectivity index (χ3v) is 4.56. The van der Waals surface area contributed by atoms with E-state index in [1.807, 2.05) is 0 Å². The molecule has 1 N–H and O–H groups in total. The van der Waals surface area contributed by atoms with Gasteiger partial charge >= 0.3 is 6.03 Å². The average Bonchev–Trinajstić information content (AvgIpc) is 2.83. The molecule has 2 fully saturated rings. The molecule has 0 aromatic carbocycles. The van der Waals surface area contributed by atoms with Crippen LogP contribution in [-0.4, -0.2) is 45.3 Å². The van der Waals surface area contributed by atoms with E-state index < -0.39 is 11.9 Å². The quantitative estimate of drug-likeness (QED) is 0.858. The highest BCUT2D eigenvalue weighted by Crippen LogP contribution is 2.30. The predicted molar refractivity (Wildman–Crippen MR) is 82.1 cm³/mol. The fourth-order valence-electron chi connectivity index (χ4n) is 3.29. The predicted octanol–water partition coefficient (Wildman–Crippen LogP) is 1.57. The van der Waals surface area contributed by atoms with Crippen molar-refractivity contribution in [2.24, 2.45) is 5.92 Å². The van der Waals surface area contributed by atoms with E-state index in [-0.39, 0.29) is 18.5 Å². The molecule has 1 aromatic rings. The van der Waals surface area contributed by atoms with Crippen LogP contribution >= 0.6 is 0 Å². The van der Waals surface area contributed by atoms with Gasteiger partial charge in [0.25, 0.3) is 11.8 Å². The van der Waals surface area contributed by atoms with Gasteiger partial charge in [0.15, 0.2) is 0 Å². The zero-order chi connectivity index (χ0) is 16.4. The third-order valence-electron chi connectivity index (χ3n) is 4.56.